The van der Waals surface area contributed by atoms with E-state index < -0.39 is 5.97 Å². The molecule has 98 valence electrons. The Morgan fingerprint density at radius 1 is 1.12 bits per heavy atom. The average Bonchev–Trinajstić information content (AvgIpc) is 2.75. The molecule has 0 unspecified atom stereocenters. The minimum atomic E-state index is -0.740. The summed E-state index contributed by atoms with van der Waals surface area (Å²) in [6, 6.07) is 0. The number of hydrogen-bond acceptors (Lipinski definition) is 2. The molecule has 1 rings (SSSR count). The van der Waals surface area contributed by atoms with Gasteiger partial charge in [-0.2, -0.15) is 0 Å². The van der Waals surface area contributed by atoms with E-state index in [2.05, 4.69) is 5.32 Å². The van der Waals surface area contributed by atoms with Gasteiger partial charge in [0, 0.05) is 19.4 Å². The summed E-state index contributed by atoms with van der Waals surface area (Å²) in [5.41, 5.74) is 0. The molecule has 1 saturated carbocycles. The summed E-state index contributed by atoms with van der Waals surface area (Å²) in [6.07, 6.45) is 8.30. The van der Waals surface area contributed by atoms with Crippen LogP contribution in [0.2, 0.25) is 0 Å². The van der Waals surface area contributed by atoms with E-state index in [4.69, 9.17) is 5.11 Å². The van der Waals surface area contributed by atoms with Crippen LogP contribution in [0.4, 0.5) is 0 Å². The highest BCUT2D eigenvalue weighted by molar-refractivity contribution is 5.76. The van der Waals surface area contributed by atoms with Gasteiger partial charge in [-0.25, -0.2) is 0 Å². The van der Waals surface area contributed by atoms with Crippen LogP contribution in [0.25, 0.3) is 0 Å². The topological polar surface area (TPSA) is 66.4 Å². The van der Waals surface area contributed by atoms with Gasteiger partial charge in [0.05, 0.1) is 0 Å². The van der Waals surface area contributed by atoms with Crippen LogP contribution in [0.15, 0.2) is 0 Å². The second-order valence-electron chi connectivity index (χ2n) is 4.91. The van der Waals surface area contributed by atoms with Crippen LogP contribution in [0.5, 0.6) is 0 Å². The molecule has 0 radical (unpaired) electrons. The number of unbranched alkanes of at least 4 members (excludes halogenated alkanes) is 2. The number of carbonyl (C=O) groups is 2. The summed E-state index contributed by atoms with van der Waals surface area (Å²) in [5.74, 6) is 0.0208. The smallest absolute Gasteiger partial charge is 0.303 e. The molecule has 0 aliphatic heterocycles. The number of carbonyl (C=O) groups excluding carboxylic acids is 1. The van der Waals surface area contributed by atoms with Crippen molar-refractivity contribution in [1.82, 2.24) is 5.32 Å². The maximum Gasteiger partial charge on any atom is 0.303 e. The molecule has 0 aromatic rings. The second kappa shape index (κ2) is 8.09. The molecule has 0 aromatic heterocycles. The molecule has 4 heteroatoms. The molecule has 1 aliphatic carbocycles. The van der Waals surface area contributed by atoms with E-state index in [9.17, 15) is 9.59 Å². The highest BCUT2D eigenvalue weighted by atomic mass is 16.4. The van der Waals surface area contributed by atoms with Gasteiger partial charge in [-0.3, -0.25) is 9.59 Å². The Bertz CT molecular complexity index is 247. The number of amides is 1. The molecule has 0 spiro atoms. The quantitative estimate of drug-likeness (QED) is 0.641. The molecular formula is C13H23NO3. The molecule has 2 N–H and O–H groups in total. The molecule has 0 atom stereocenters. The standard InChI is InChI=1S/C13H23NO3/c15-12(10-11-6-3-4-7-11)14-9-5-1-2-8-13(16)17/h11H,1-10H2,(H,14,15)(H,16,17). The van der Waals surface area contributed by atoms with E-state index in [1.807, 2.05) is 0 Å². The first kappa shape index (κ1) is 14.0. The lowest BCUT2D eigenvalue weighted by atomic mass is 10.0. The molecule has 0 saturated heterocycles. The van der Waals surface area contributed by atoms with E-state index in [-0.39, 0.29) is 12.3 Å². The van der Waals surface area contributed by atoms with Crippen LogP contribution in [0.3, 0.4) is 0 Å². The predicted octanol–water partition coefficient (Wildman–Crippen LogP) is 2.33. The fraction of sp³-hybridized carbons (Fsp3) is 0.846. The van der Waals surface area contributed by atoms with Crippen LogP contribution in [-0.2, 0) is 9.59 Å². The number of hydrogen-bond donors (Lipinski definition) is 2. The van der Waals surface area contributed by atoms with Crippen LogP contribution < -0.4 is 5.32 Å². The predicted molar refractivity (Wildman–Crippen MR) is 65.7 cm³/mol. The number of carboxylic acid groups (broad SMARTS) is 1. The maximum absolute atomic E-state index is 11.5. The van der Waals surface area contributed by atoms with Gasteiger partial charge in [0.15, 0.2) is 0 Å². The first-order valence-corrected chi connectivity index (χ1v) is 6.67. The lowest BCUT2D eigenvalue weighted by molar-refractivity contribution is -0.137. The summed E-state index contributed by atoms with van der Waals surface area (Å²) >= 11 is 0. The molecule has 0 aromatic carbocycles. The van der Waals surface area contributed by atoms with Crippen molar-refractivity contribution in [1.29, 1.82) is 0 Å². The van der Waals surface area contributed by atoms with E-state index in [1.165, 1.54) is 25.7 Å². The van der Waals surface area contributed by atoms with Gasteiger partial charge >= 0.3 is 5.97 Å². The van der Waals surface area contributed by atoms with Crippen molar-refractivity contribution in [2.24, 2.45) is 5.92 Å². The summed E-state index contributed by atoms with van der Waals surface area (Å²) < 4.78 is 0. The monoisotopic (exact) mass is 241 g/mol. The van der Waals surface area contributed by atoms with Crippen molar-refractivity contribution in [2.75, 3.05) is 6.54 Å². The largest absolute Gasteiger partial charge is 0.481 e. The normalized spacial score (nSPS) is 16.0. The maximum atomic E-state index is 11.5. The SMILES string of the molecule is O=C(O)CCCCCNC(=O)CC1CCCC1. The molecule has 1 fully saturated rings. The Hall–Kier alpha value is -1.06. The van der Waals surface area contributed by atoms with Crippen molar-refractivity contribution in [3.63, 3.8) is 0 Å². The zero-order valence-corrected chi connectivity index (χ0v) is 10.4. The van der Waals surface area contributed by atoms with Crippen LogP contribution in [0, 0.1) is 5.92 Å². The lowest BCUT2D eigenvalue weighted by Gasteiger charge is -2.09. The first-order chi connectivity index (χ1) is 8.18. The van der Waals surface area contributed by atoms with E-state index in [0.29, 0.717) is 25.3 Å². The zero-order valence-electron chi connectivity index (χ0n) is 10.4. The van der Waals surface area contributed by atoms with Gasteiger partial charge in [-0.15, -0.1) is 0 Å². The van der Waals surface area contributed by atoms with Crippen LogP contribution in [-0.4, -0.2) is 23.5 Å². The Labute approximate surface area is 103 Å². The second-order valence-corrected chi connectivity index (χ2v) is 4.91. The number of aliphatic carboxylic acids is 1. The van der Waals surface area contributed by atoms with Gasteiger partial charge in [0.2, 0.25) is 5.91 Å². The Kier molecular flexibility index (Phi) is 6.67. The Morgan fingerprint density at radius 3 is 2.47 bits per heavy atom. The van der Waals surface area contributed by atoms with E-state index in [1.54, 1.807) is 0 Å². The van der Waals surface area contributed by atoms with Crippen molar-refractivity contribution in [3.05, 3.63) is 0 Å². The highest BCUT2D eigenvalue weighted by Gasteiger charge is 2.17. The summed E-state index contributed by atoms with van der Waals surface area (Å²) in [6.45, 7) is 0.686. The van der Waals surface area contributed by atoms with Crippen molar-refractivity contribution >= 4 is 11.9 Å². The number of rotatable bonds is 8. The third kappa shape index (κ3) is 6.97. The third-order valence-electron chi connectivity index (χ3n) is 3.34. The fourth-order valence-electron chi connectivity index (χ4n) is 2.35. The van der Waals surface area contributed by atoms with Gasteiger partial charge in [-0.1, -0.05) is 19.3 Å². The molecule has 1 aliphatic rings. The number of carboxylic acids is 1. The Morgan fingerprint density at radius 2 is 1.82 bits per heavy atom. The summed E-state index contributed by atoms with van der Waals surface area (Å²) in [4.78, 5) is 21.8. The minimum absolute atomic E-state index is 0.162. The third-order valence-corrected chi connectivity index (χ3v) is 3.34. The molecule has 0 bridgehead atoms. The minimum Gasteiger partial charge on any atom is -0.481 e. The number of nitrogens with one attached hydrogen (secondary N) is 1. The summed E-state index contributed by atoms with van der Waals surface area (Å²) in [7, 11) is 0. The van der Waals surface area contributed by atoms with Crippen molar-refractivity contribution < 1.29 is 14.7 Å². The molecule has 0 heterocycles. The van der Waals surface area contributed by atoms with Gasteiger partial charge in [0.1, 0.15) is 0 Å². The van der Waals surface area contributed by atoms with Crippen molar-refractivity contribution in [3.8, 4) is 0 Å². The van der Waals surface area contributed by atoms with Crippen molar-refractivity contribution in [2.45, 2.75) is 57.8 Å². The van der Waals surface area contributed by atoms with Gasteiger partial charge in [-0.05, 0) is 31.6 Å². The van der Waals surface area contributed by atoms with Gasteiger partial charge < -0.3 is 10.4 Å². The van der Waals surface area contributed by atoms with E-state index in [0.717, 1.165) is 12.8 Å². The fourth-order valence-corrected chi connectivity index (χ4v) is 2.35. The summed E-state index contributed by atoms with van der Waals surface area (Å²) in [5, 5.41) is 11.4. The Balaban J connectivity index is 1.91. The van der Waals surface area contributed by atoms with E-state index >= 15 is 0 Å². The zero-order chi connectivity index (χ0) is 12.5. The van der Waals surface area contributed by atoms with Gasteiger partial charge in [0.25, 0.3) is 0 Å². The van der Waals surface area contributed by atoms with Crippen LogP contribution >= 0.6 is 0 Å². The molecule has 4 nitrogen and oxygen atoms in total. The lowest BCUT2D eigenvalue weighted by Crippen LogP contribution is -2.26. The first-order valence-electron chi connectivity index (χ1n) is 6.67. The molecular weight excluding hydrogens is 218 g/mol. The molecule has 1 amide bonds. The average molecular weight is 241 g/mol. The molecule has 17 heavy (non-hydrogen) atoms. The van der Waals surface area contributed by atoms with Crippen LogP contribution in [0.1, 0.15) is 57.8 Å². The highest BCUT2D eigenvalue weighted by Crippen LogP contribution is 2.27.